The number of rotatable bonds is 7. The molecule has 3 N–H and O–H groups in total. The van der Waals surface area contributed by atoms with Gasteiger partial charge in [0.1, 0.15) is 0 Å². The normalized spacial score (nSPS) is 13.5. The third-order valence-electron chi connectivity index (χ3n) is 6.18. The number of amides is 2. The number of nitrogens with two attached hydrogens (primary N) is 1. The van der Waals surface area contributed by atoms with Gasteiger partial charge in [0, 0.05) is 36.8 Å². The van der Waals surface area contributed by atoms with Crippen LogP contribution >= 0.6 is 0 Å². The number of benzene rings is 3. The summed E-state index contributed by atoms with van der Waals surface area (Å²) in [4.78, 5) is 27.5. The Kier molecular flexibility index (Phi) is 7.36. The van der Waals surface area contributed by atoms with Gasteiger partial charge < -0.3 is 16.0 Å². The van der Waals surface area contributed by atoms with Crippen LogP contribution in [0.25, 0.3) is 0 Å². The van der Waals surface area contributed by atoms with Crippen molar-refractivity contribution in [1.29, 1.82) is 5.26 Å². The minimum atomic E-state index is -0.271. The van der Waals surface area contributed by atoms with Crippen LogP contribution in [0.1, 0.15) is 51.5 Å². The predicted molar refractivity (Wildman–Crippen MR) is 132 cm³/mol. The van der Waals surface area contributed by atoms with Crippen molar-refractivity contribution in [2.24, 2.45) is 5.73 Å². The van der Waals surface area contributed by atoms with E-state index in [9.17, 15) is 9.59 Å². The second kappa shape index (κ2) is 10.8. The Hall–Kier alpha value is -3.95. The van der Waals surface area contributed by atoms with Crippen LogP contribution in [0.15, 0.2) is 72.8 Å². The molecule has 1 atom stereocenters. The van der Waals surface area contributed by atoms with Gasteiger partial charge in [-0.2, -0.15) is 5.26 Å². The second-order valence-corrected chi connectivity index (χ2v) is 8.53. The van der Waals surface area contributed by atoms with Gasteiger partial charge in [0.2, 0.25) is 5.91 Å². The Morgan fingerprint density at radius 3 is 2.56 bits per heavy atom. The van der Waals surface area contributed by atoms with Gasteiger partial charge >= 0.3 is 0 Å². The molecule has 0 aromatic heterocycles. The van der Waals surface area contributed by atoms with Gasteiger partial charge in [-0.3, -0.25) is 9.59 Å². The van der Waals surface area contributed by atoms with Crippen LogP contribution in [0.3, 0.4) is 0 Å². The van der Waals surface area contributed by atoms with Gasteiger partial charge in [-0.15, -0.1) is 0 Å². The van der Waals surface area contributed by atoms with Crippen LogP contribution in [0.5, 0.6) is 0 Å². The minimum Gasteiger partial charge on any atom is -0.350 e. The number of nitrogens with one attached hydrogen (secondary N) is 1. The van der Waals surface area contributed by atoms with Gasteiger partial charge in [-0.1, -0.05) is 42.5 Å². The van der Waals surface area contributed by atoms with Crippen LogP contribution < -0.4 is 16.0 Å². The first-order valence-corrected chi connectivity index (χ1v) is 11.6. The fourth-order valence-electron chi connectivity index (χ4n) is 4.25. The smallest absolute Gasteiger partial charge is 0.251 e. The molecular weight excluding hydrogens is 424 g/mol. The molecule has 34 heavy (non-hydrogen) atoms. The number of nitrogens with zero attached hydrogens (tertiary/aromatic N) is 2. The standard InChI is InChI=1S/C28H28N4O2/c29-18-21-10-8-20(9-11-21)12-15-27(33)32-16-4-7-23-17-24(13-14-26(23)32)28(34)31-19-25(30)22-5-2-1-3-6-22/h1-3,5-6,8-11,13-14,17,25H,4,7,12,15-16,19,30H2,(H,31,34). The van der Waals surface area contributed by atoms with Crippen molar-refractivity contribution in [3.05, 3.63) is 101 Å². The Morgan fingerprint density at radius 1 is 1.06 bits per heavy atom. The predicted octanol–water partition coefficient (Wildman–Crippen LogP) is 3.90. The molecule has 3 aromatic carbocycles. The molecule has 0 saturated heterocycles. The first-order valence-electron chi connectivity index (χ1n) is 11.6. The molecule has 0 radical (unpaired) electrons. The lowest BCUT2D eigenvalue weighted by molar-refractivity contribution is -0.118. The van der Waals surface area contributed by atoms with E-state index in [2.05, 4.69) is 11.4 Å². The lowest BCUT2D eigenvalue weighted by Gasteiger charge is -2.30. The molecule has 3 aromatic rings. The summed E-state index contributed by atoms with van der Waals surface area (Å²) in [7, 11) is 0. The summed E-state index contributed by atoms with van der Waals surface area (Å²) in [5.41, 5.74) is 11.3. The monoisotopic (exact) mass is 452 g/mol. The Morgan fingerprint density at radius 2 is 1.82 bits per heavy atom. The molecule has 4 rings (SSSR count). The molecule has 6 heteroatoms. The van der Waals surface area contributed by atoms with E-state index in [1.54, 1.807) is 18.2 Å². The summed E-state index contributed by atoms with van der Waals surface area (Å²) in [5.74, 6) is -0.102. The Balaban J connectivity index is 1.37. The van der Waals surface area contributed by atoms with Crippen molar-refractivity contribution in [2.45, 2.75) is 31.7 Å². The number of nitriles is 1. The number of carbonyl (C=O) groups excluding carboxylic acids is 2. The summed E-state index contributed by atoms with van der Waals surface area (Å²) in [6, 6.07) is 24.4. The van der Waals surface area contributed by atoms with E-state index >= 15 is 0 Å². The van der Waals surface area contributed by atoms with Crippen molar-refractivity contribution in [3.63, 3.8) is 0 Å². The number of carbonyl (C=O) groups is 2. The molecule has 0 aliphatic carbocycles. The van der Waals surface area contributed by atoms with Gasteiger partial charge in [-0.05, 0) is 66.3 Å². The average Bonchev–Trinajstić information content (AvgIpc) is 2.90. The lowest BCUT2D eigenvalue weighted by atomic mass is 9.98. The summed E-state index contributed by atoms with van der Waals surface area (Å²) in [5, 5.41) is 11.8. The highest BCUT2D eigenvalue weighted by molar-refractivity contribution is 5.98. The summed E-state index contributed by atoms with van der Waals surface area (Å²) < 4.78 is 0. The average molecular weight is 453 g/mol. The molecule has 6 nitrogen and oxygen atoms in total. The number of hydrogen-bond donors (Lipinski definition) is 2. The zero-order chi connectivity index (χ0) is 23.9. The van der Waals surface area contributed by atoms with Crippen molar-refractivity contribution < 1.29 is 9.59 Å². The van der Waals surface area contributed by atoms with E-state index < -0.39 is 0 Å². The van der Waals surface area contributed by atoms with E-state index in [1.165, 1.54) is 0 Å². The largest absolute Gasteiger partial charge is 0.350 e. The van der Waals surface area contributed by atoms with Crippen molar-refractivity contribution >= 4 is 17.5 Å². The van der Waals surface area contributed by atoms with Crippen LogP contribution in [0.4, 0.5) is 5.69 Å². The number of anilines is 1. The third-order valence-corrected chi connectivity index (χ3v) is 6.18. The Labute approximate surface area is 200 Å². The molecule has 0 bridgehead atoms. The van der Waals surface area contributed by atoms with Crippen molar-refractivity contribution in [1.82, 2.24) is 5.32 Å². The van der Waals surface area contributed by atoms with E-state index in [1.807, 2.05) is 59.5 Å². The highest BCUT2D eigenvalue weighted by Crippen LogP contribution is 2.29. The lowest BCUT2D eigenvalue weighted by Crippen LogP contribution is -2.36. The molecule has 1 heterocycles. The van der Waals surface area contributed by atoms with Crippen LogP contribution in [0, 0.1) is 11.3 Å². The van der Waals surface area contributed by atoms with E-state index in [0.717, 1.165) is 35.2 Å². The quantitative estimate of drug-likeness (QED) is 0.568. The van der Waals surface area contributed by atoms with Gasteiger partial charge in [0.25, 0.3) is 5.91 Å². The maximum atomic E-state index is 13.0. The van der Waals surface area contributed by atoms with E-state index in [-0.39, 0.29) is 17.9 Å². The summed E-state index contributed by atoms with van der Waals surface area (Å²) >= 11 is 0. The molecular formula is C28H28N4O2. The molecule has 1 aliphatic heterocycles. The molecule has 0 saturated carbocycles. The van der Waals surface area contributed by atoms with Crippen LogP contribution in [-0.4, -0.2) is 24.9 Å². The minimum absolute atomic E-state index is 0.0661. The Bertz CT molecular complexity index is 1200. The zero-order valence-corrected chi connectivity index (χ0v) is 19.0. The molecule has 0 spiro atoms. The molecule has 1 aliphatic rings. The van der Waals surface area contributed by atoms with Crippen LogP contribution in [0.2, 0.25) is 0 Å². The maximum Gasteiger partial charge on any atom is 0.251 e. The summed E-state index contributed by atoms with van der Waals surface area (Å²) in [6.07, 6.45) is 2.71. The first-order chi connectivity index (χ1) is 16.5. The van der Waals surface area contributed by atoms with E-state index in [0.29, 0.717) is 37.1 Å². The van der Waals surface area contributed by atoms with Crippen molar-refractivity contribution in [3.8, 4) is 6.07 Å². The highest BCUT2D eigenvalue weighted by Gasteiger charge is 2.23. The summed E-state index contributed by atoms with van der Waals surface area (Å²) in [6.45, 7) is 1.02. The van der Waals surface area contributed by atoms with Crippen molar-refractivity contribution in [2.75, 3.05) is 18.0 Å². The second-order valence-electron chi connectivity index (χ2n) is 8.53. The molecule has 2 amide bonds. The molecule has 172 valence electrons. The molecule has 1 unspecified atom stereocenters. The fraction of sp³-hybridized carbons (Fsp3) is 0.250. The molecule has 0 fully saturated rings. The van der Waals surface area contributed by atoms with Gasteiger partial charge in [-0.25, -0.2) is 0 Å². The van der Waals surface area contributed by atoms with Gasteiger partial charge in [0.05, 0.1) is 11.6 Å². The maximum absolute atomic E-state index is 13.0. The van der Waals surface area contributed by atoms with Gasteiger partial charge in [0.15, 0.2) is 0 Å². The topological polar surface area (TPSA) is 99.2 Å². The third kappa shape index (κ3) is 5.51. The number of hydrogen-bond acceptors (Lipinski definition) is 4. The number of aryl methyl sites for hydroxylation is 2. The van der Waals surface area contributed by atoms with E-state index in [4.69, 9.17) is 11.0 Å². The van der Waals surface area contributed by atoms with Crippen LogP contribution in [-0.2, 0) is 17.6 Å². The fourth-order valence-corrected chi connectivity index (χ4v) is 4.25. The first kappa shape index (κ1) is 23.2. The highest BCUT2D eigenvalue weighted by atomic mass is 16.2. The SMILES string of the molecule is N#Cc1ccc(CCC(=O)N2CCCc3cc(C(=O)NCC(N)c4ccccc4)ccc32)cc1. The zero-order valence-electron chi connectivity index (χ0n) is 19.0. The number of fused-ring (bicyclic) bond motifs is 1.